The average Bonchev–Trinajstić information content (AvgIpc) is 3.53. The van der Waals surface area contributed by atoms with Gasteiger partial charge in [-0.1, -0.05) is 109 Å². The summed E-state index contributed by atoms with van der Waals surface area (Å²) in [7, 11) is 0. The molecule has 0 aromatic heterocycles. The molecule has 55 heavy (non-hydrogen) atoms. The molecule has 1 aliphatic rings. The zero-order chi connectivity index (χ0) is 39.6. The molecule has 0 heterocycles. The maximum absolute atomic E-state index is 12.6. The van der Waals surface area contributed by atoms with Crippen molar-refractivity contribution < 1.29 is 48.0 Å². The number of ether oxygens (including phenoxy) is 4. The molecule has 0 aliphatic heterocycles. The van der Waals surface area contributed by atoms with Gasteiger partial charge in [0.25, 0.3) is 0 Å². The maximum Gasteiger partial charge on any atom is 0.516 e. The number of alkyl carbamates (subject to hydrolysis) is 1. The van der Waals surface area contributed by atoms with Crippen LogP contribution >= 0.6 is 0 Å². The van der Waals surface area contributed by atoms with Crippen molar-refractivity contribution in [2.75, 3.05) is 13.2 Å². The highest BCUT2D eigenvalue weighted by molar-refractivity contribution is 5.88. The van der Waals surface area contributed by atoms with Crippen LogP contribution in [0.5, 0.6) is 0 Å². The van der Waals surface area contributed by atoms with Crippen LogP contribution in [-0.4, -0.2) is 66.5 Å². The molecule has 0 fully saturated rings. The Balaban J connectivity index is 0.000000299. The van der Waals surface area contributed by atoms with Crippen molar-refractivity contribution in [1.82, 2.24) is 5.32 Å². The molecule has 8 N–H and O–H groups in total. The summed E-state index contributed by atoms with van der Waals surface area (Å²) >= 11 is 0. The van der Waals surface area contributed by atoms with Crippen LogP contribution in [0, 0.1) is 0 Å². The molecule has 0 bridgehead atoms. The Morgan fingerprint density at radius 3 is 1.69 bits per heavy atom. The van der Waals surface area contributed by atoms with Crippen LogP contribution < -0.4 is 22.5 Å². The number of carboxylic acids is 1. The number of nitrogens with two attached hydrogens (primary N) is 3. The van der Waals surface area contributed by atoms with Crippen LogP contribution in [0.1, 0.15) is 53.9 Å². The summed E-state index contributed by atoms with van der Waals surface area (Å²) in [4.78, 5) is 59.2. The third-order valence-electron chi connectivity index (χ3n) is 8.63. The third-order valence-corrected chi connectivity index (χ3v) is 8.63. The summed E-state index contributed by atoms with van der Waals surface area (Å²) in [6, 6.07) is 31.2. The van der Waals surface area contributed by atoms with Crippen molar-refractivity contribution >= 4 is 30.2 Å². The Morgan fingerprint density at radius 2 is 1.15 bits per heavy atom. The number of benzene rings is 4. The molecule has 5 rings (SSSR count). The minimum absolute atomic E-state index is 0.0414. The van der Waals surface area contributed by atoms with Crippen LogP contribution in [0.2, 0.25) is 0 Å². The molecule has 0 spiro atoms. The monoisotopic (exact) mass is 754 g/mol. The van der Waals surface area contributed by atoms with Crippen molar-refractivity contribution in [2.24, 2.45) is 17.2 Å². The van der Waals surface area contributed by atoms with Crippen molar-refractivity contribution in [3.05, 3.63) is 131 Å². The van der Waals surface area contributed by atoms with Gasteiger partial charge in [-0.25, -0.2) is 14.4 Å². The number of carboxylic acid groups (broad SMARTS) is 1. The summed E-state index contributed by atoms with van der Waals surface area (Å²) in [5, 5.41) is 11.1. The van der Waals surface area contributed by atoms with Gasteiger partial charge in [0.1, 0.15) is 37.9 Å². The Kier molecular flexibility index (Phi) is 16.3. The Morgan fingerprint density at radius 1 is 0.636 bits per heavy atom. The highest BCUT2D eigenvalue weighted by Crippen LogP contribution is 2.44. The number of amides is 1. The topological polar surface area (TPSA) is 233 Å². The van der Waals surface area contributed by atoms with Crippen molar-refractivity contribution in [3.63, 3.8) is 0 Å². The average molecular weight is 755 g/mol. The maximum atomic E-state index is 12.6. The minimum Gasteiger partial charge on any atom is -0.480 e. The molecule has 3 atom stereocenters. The molecule has 1 amide bonds. The van der Waals surface area contributed by atoms with E-state index in [9.17, 15) is 24.0 Å². The third kappa shape index (κ3) is 13.1. The van der Waals surface area contributed by atoms with E-state index in [1.165, 1.54) is 0 Å². The fourth-order valence-corrected chi connectivity index (χ4v) is 5.69. The van der Waals surface area contributed by atoms with E-state index in [1.807, 2.05) is 84.9 Å². The van der Waals surface area contributed by atoms with E-state index in [0.29, 0.717) is 13.0 Å². The second-order valence-corrected chi connectivity index (χ2v) is 12.6. The normalized spacial score (nSPS) is 13.0. The second kappa shape index (κ2) is 21.6. The lowest BCUT2D eigenvalue weighted by atomic mass is 9.98. The van der Waals surface area contributed by atoms with Gasteiger partial charge in [0.15, 0.2) is 0 Å². The zero-order valence-electron chi connectivity index (χ0n) is 30.2. The van der Waals surface area contributed by atoms with Gasteiger partial charge in [-0.2, -0.15) is 0 Å². The molecule has 4 aromatic rings. The molecule has 290 valence electrons. The number of nitrogens with one attached hydrogen (secondary N) is 1. The van der Waals surface area contributed by atoms with Crippen LogP contribution in [-0.2, 0) is 46.5 Å². The first-order valence-corrected chi connectivity index (χ1v) is 17.8. The number of rotatable bonds is 16. The molecule has 0 radical (unpaired) electrons. The summed E-state index contributed by atoms with van der Waals surface area (Å²) < 4.78 is 20.3. The number of hydrogen-bond donors (Lipinski definition) is 5. The van der Waals surface area contributed by atoms with E-state index >= 15 is 0 Å². The van der Waals surface area contributed by atoms with E-state index < -0.39 is 48.3 Å². The number of carbonyl (C=O) groups is 5. The standard InChI is InChI=1S/C28H28N2O6.C13H18N2O4/c29-16-8-15-25(26(31)36-28(33)35-17-19-9-2-1-3-10-19)30-27(32)34-18-24-22-13-6-4-11-20(22)21-12-5-7-14-23(21)24;14-10(12(16)17)6-7-11(15)13(18)19-8-9-4-2-1-3-5-9/h1-7,9-14,24-25H,8,15-18,29H2,(H,30,32);1-5,10-11H,6-8,14-15H2,(H,16,17)/t25-;10-,11?/m11/s1. The first-order valence-electron chi connectivity index (χ1n) is 17.8. The Labute approximate surface area is 318 Å². The number of carbonyl (C=O) groups excluding carboxylic acids is 4. The summed E-state index contributed by atoms with van der Waals surface area (Å²) in [6.07, 6.45) is -0.990. The van der Waals surface area contributed by atoms with Gasteiger partial charge >= 0.3 is 30.2 Å². The van der Waals surface area contributed by atoms with Crippen molar-refractivity contribution in [2.45, 2.75) is 62.9 Å². The molecule has 0 saturated heterocycles. The lowest BCUT2D eigenvalue weighted by Crippen LogP contribution is -2.43. The van der Waals surface area contributed by atoms with E-state index in [0.717, 1.165) is 33.4 Å². The van der Waals surface area contributed by atoms with Gasteiger partial charge in [0, 0.05) is 5.92 Å². The fraction of sp³-hybridized carbons (Fsp3) is 0.293. The van der Waals surface area contributed by atoms with E-state index in [4.69, 9.17) is 41.3 Å². The summed E-state index contributed by atoms with van der Waals surface area (Å²) in [5.41, 5.74) is 22.5. The first kappa shape index (κ1) is 41.7. The number of esters is 2. The van der Waals surface area contributed by atoms with Gasteiger partial charge in [0.2, 0.25) is 0 Å². The molecule has 1 aliphatic carbocycles. The lowest BCUT2D eigenvalue weighted by Gasteiger charge is -2.18. The van der Waals surface area contributed by atoms with Crippen LogP contribution in [0.3, 0.4) is 0 Å². The second-order valence-electron chi connectivity index (χ2n) is 12.6. The number of hydrogen-bond acceptors (Lipinski definition) is 12. The molecule has 14 heteroatoms. The van der Waals surface area contributed by atoms with Gasteiger partial charge in [-0.15, -0.1) is 0 Å². The van der Waals surface area contributed by atoms with Gasteiger partial charge in [0.05, 0.1) is 0 Å². The van der Waals surface area contributed by atoms with E-state index in [1.54, 1.807) is 24.3 Å². The highest BCUT2D eigenvalue weighted by atomic mass is 16.7. The lowest BCUT2D eigenvalue weighted by molar-refractivity contribution is -0.147. The van der Waals surface area contributed by atoms with Crippen molar-refractivity contribution in [1.29, 1.82) is 0 Å². The molecular formula is C41H46N4O10. The fourth-order valence-electron chi connectivity index (χ4n) is 5.69. The zero-order valence-corrected chi connectivity index (χ0v) is 30.2. The predicted molar refractivity (Wildman–Crippen MR) is 202 cm³/mol. The number of aliphatic carboxylic acids is 1. The van der Waals surface area contributed by atoms with Crippen molar-refractivity contribution in [3.8, 4) is 11.1 Å². The quantitative estimate of drug-likeness (QED) is 0.0591. The molecule has 4 aromatic carbocycles. The largest absolute Gasteiger partial charge is 0.516 e. The number of fused-ring (bicyclic) bond motifs is 3. The Hall–Kier alpha value is -6.09. The predicted octanol–water partition coefficient (Wildman–Crippen LogP) is 4.76. The van der Waals surface area contributed by atoms with Crippen LogP contribution in [0.25, 0.3) is 11.1 Å². The van der Waals surface area contributed by atoms with E-state index in [-0.39, 0.29) is 45.0 Å². The van der Waals surface area contributed by atoms with E-state index in [2.05, 4.69) is 5.32 Å². The molecular weight excluding hydrogens is 708 g/mol. The smallest absolute Gasteiger partial charge is 0.480 e. The summed E-state index contributed by atoms with van der Waals surface area (Å²) in [6.45, 7) is 0.505. The molecule has 1 unspecified atom stereocenters. The summed E-state index contributed by atoms with van der Waals surface area (Å²) in [5.74, 6) is -2.72. The van der Waals surface area contributed by atoms with Crippen LogP contribution in [0.15, 0.2) is 109 Å². The first-order chi connectivity index (χ1) is 26.6. The molecule has 14 nitrogen and oxygen atoms in total. The SMILES string of the molecule is NC(CC[C@@H](N)C(=O)O)C(=O)OCc1ccccc1.NCCC[C@@H](NC(=O)OCC1c2ccccc2-c2ccccc21)C(=O)OC(=O)OCc1ccccc1. The Bertz CT molecular complexity index is 1830. The minimum atomic E-state index is -1.14. The van der Waals surface area contributed by atoms with Gasteiger partial charge in [-0.05, 0) is 65.6 Å². The molecule has 0 saturated carbocycles. The van der Waals surface area contributed by atoms with Gasteiger partial charge < -0.3 is 46.6 Å². The van der Waals surface area contributed by atoms with Crippen LogP contribution in [0.4, 0.5) is 9.59 Å². The highest BCUT2D eigenvalue weighted by Gasteiger charge is 2.30. The van der Waals surface area contributed by atoms with Gasteiger partial charge in [-0.3, -0.25) is 9.59 Å².